The van der Waals surface area contributed by atoms with Crippen LogP contribution in [0.5, 0.6) is 0 Å². The number of hydrogen-bond donors (Lipinski definition) is 4. The van der Waals surface area contributed by atoms with Gasteiger partial charge in [-0.25, -0.2) is 14.0 Å². The highest BCUT2D eigenvalue weighted by Crippen LogP contribution is 2.34. The molecule has 0 aromatic carbocycles. The van der Waals surface area contributed by atoms with Gasteiger partial charge in [0.25, 0.3) is 0 Å². The third-order valence-corrected chi connectivity index (χ3v) is 5.59. The third-order valence-electron chi connectivity index (χ3n) is 5.59. The summed E-state index contributed by atoms with van der Waals surface area (Å²) in [5, 5.41) is 32.5. The van der Waals surface area contributed by atoms with Crippen LogP contribution in [0.3, 0.4) is 0 Å². The average molecular weight is 475 g/mol. The molecule has 33 heavy (non-hydrogen) atoms. The predicted molar refractivity (Wildman–Crippen MR) is 110 cm³/mol. The second-order valence-corrected chi connectivity index (χ2v) is 8.11. The fourth-order valence-corrected chi connectivity index (χ4v) is 3.63. The average Bonchev–Trinajstić information content (AvgIpc) is 3.18. The van der Waals surface area contributed by atoms with Crippen molar-refractivity contribution in [2.75, 3.05) is 11.9 Å². The highest BCUT2D eigenvalue weighted by Gasteiger charge is 2.49. The molecule has 0 saturated carbocycles. The van der Waals surface area contributed by atoms with Crippen molar-refractivity contribution >= 4 is 11.9 Å². The molecule has 2 aliphatic heterocycles. The molecule has 1 aromatic rings. The number of ether oxygens (including phenoxy) is 4. The van der Waals surface area contributed by atoms with E-state index in [1.54, 1.807) is 0 Å². The summed E-state index contributed by atoms with van der Waals surface area (Å²) in [5.74, 6) is -1.66. The van der Waals surface area contributed by atoms with Crippen LogP contribution in [-0.2, 0) is 18.9 Å². The Bertz CT molecular complexity index is 885. The van der Waals surface area contributed by atoms with Crippen molar-refractivity contribution in [1.29, 1.82) is 0 Å². The van der Waals surface area contributed by atoms with E-state index < -0.39 is 72.6 Å². The maximum atomic E-state index is 14.6. The summed E-state index contributed by atoms with van der Waals surface area (Å²) >= 11 is 0. The first-order valence-corrected chi connectivity index (χ1v) is 10.9. The van der Waals surface area contributed by atoms with Crippen LogP contribution in [0.15, 0.2) is 11.0 Å². The van der Waals surface area contributed by atoms with Gasteiger partial charge < -0.3 is 34.3 Å². The van der Waals surface area contributed by atoms with Crippen LogP contribution in [0.4, 0.5) is 15.0 Å². The van der Waals surface area contributed by atoms with E-state index in [0.29, 0.717) is 6.42 Å². The van der Waals surface area contributed by atoms with Gasteiger partial charge in [-0.05, 0) is 20.3 Å². The van der Waals surface area contributed by atoms with Crippen LogP contribution < -0.4 is 11.0 Å². The summed E-state index contributed by atoms with van der Waals surface area (Å²) in [5.41, 5.74) is -0.987. The second-order valence-electron chi connectivity index (χ2n) is 8.11. The van der Waals surface area contributed by atoms with Crippen LogP contribution in [-0.4, -0.2) is 80.5 Å². The Balaban J connectivity index is 1.74. The predicted octanol–water partition coefficient (Wildman–Crippen LogP) is 0.251. The van der Waals surface area contributed by atoms with E-state index >= 15 is 0 Å². The lowest BCUT2D eigenvalue weighted by atomic mass is 10.1. The van der Waals surface area contributed by atoms with E-state index in [-0.39, 0.29) is 6.61 Å². The van der Waals surface area contributed by atoms with Gasteiger partial charge in [0.15, 0.2) is 24.2 Å². The number of hydrogen-bond acceptors (Lipinski definition) is 10. The first-order chi connectivity index (χ1) is 15.6. The number of amides is 1. The van der Waals surface area contributed by atoms with Crippen molar-refractivity contribution in [1.82, 2.24) is 9.55 Å². The van der Waals surface area contributed by atoms with Gasteiger partial charge in [0, 0.05) is 0 Å². The summed E-state index contributed by atoms with van der Waals surface area (Å²) in [6, 6.07) is 0. The lowest BCUT2D eigenvalue weighted by Crippen LogP contribution is -2.43. The highest BCUT2D eigenvalue weighted by molar-refractivity contribution is 5.83. The van der Waals surface area contributed by atoms with Crippen molar-refractivity contribution in [3.8, 4) is 0 Å². The molecule has 13 heteroatoms. The number of aliphatic hydroxyl groups is 3. The summed E-state index contributed by atoms with van der Waals surface area (Å²) in [6.07, 6.45) is -7.01. The molecule has 0 radical (unpaired) electrons. The van der Waals surface area contributed by atoms with Gasteiger partial charge in [0.1, 0.15) is 24.4 Å². The van der Waals surface area contributed by atoms with Crippen molar-refractivity contribution in [2.24, 2.45) is 0 Å². The Kier molecular flexibility index (Phi) is 8.37. The molecule has 3 rings (SSSR count). The molecule has 8 atom stereocenters. The minimum Gasteiger partial charge on any atom is -0.449 e. The molecule has 2 saturated heterocycles. The molecule has 2 aliphatic rings. The molecule has 1 aromatic heterocycles. The minimum atomic E-state index is -1.40. The number of aromatic nitrogens is 2. The van der Waals surface area contributed by atoms with Crippen molar-refractivity contribution in [2.45, 2.75) is 89.2 Å². The van der Waals surface area contributed by atoms with Crippen molar-refractivity contribution < 1.29 is 43.5 Å². The molecule has 3 heterocycles. The van der Waals surface area contributed by atoms with Crippen LogP contribution in [0.1, 0.15) is 46.3 Å². The zero-order valence-corrected chi connectivity index (χ0v) is 18.6. The van der Waals surface area contributed by atoms with Crippen LogP contribution in [0.25, 0.3) is 0 Å². The lowest BCUT2D eigenvalue weighted by molar-refractivity contribution is -0.216. The van der Waals surface area contributed by atoms with Crippen molar-refractivity contribution in [3.05, 3.63) is 22.5 Å². The molecule has 186 valence electrons. The van der Waals surface area contributed by atoms with E-state index in [1.807, 2.05) is 6.92 Å². The maximum Gasteiger partial charge on any atom is 0.412 e. The SMILES string of the molecule is CCCCCOC(=O)Nc1nc(=O)n([C@@H]2O[C@H](C)[C@H](O)[C@@H]2O[C@@H]2O[C@H](C)[C@@H](O)[C@@H]2O)cc1F. The number of carbonyl (C=O) groups is 1. The zero-order valence-electron chi connectivity index (χ0n) is 18.6. The maximum absolute atomic E-state index is 14.6. The third kappa shape index (κ3) is 5.67. The number of nitrogens with zero attached hydrogens (tertiary/aromatic N) is 2. The molecule has 4 N–H and O–H groups in total. The van der Waals surface area contributed by atoms with Gasteiger partial charge >= 0.3 is 11.8 Å². The molecule has 0 aliphatic carbocycles. The Morgan fingerprint density at radius 3 is 2.52 bits per heavy atom. The quantitative estimate of drug-likeness (QED) is 0.384. The first-order valence-electron chi connectivity index (χ1n) is 10.9. The molecule has 1 amide bonds. The first kappa shape index (κ1) is 25.5. The van der Waals surface area contributed by atoms with E-state index in [4.69, 9.17) is 18.9 Å². The van der Waals surface area contributed by atoms with Gasteiger partial charge in [0.05, 0.1) is 25.0 Å². The molecular weight excluding hydrogens is 445 g/mol. The molecular formula is C20H30FN3O9. The van der Waals surface area contributed by atoms with Crippen molar-refractivity contribution in [3.63, 3.8) is 0 Å². The van der Waals surface area contributed by atoms with Crippen LogP contribution >= 0.6 is 0 Å². The Labute approximate surface area is 189 Å². The second kappa shape index (κ2) is 10.8. The molecule has 0 bridgehead atoms. The monoisotopic (exact) mass is 475 g/mol. The fraction of sp³-hybridized carbons (Fsp3) is 0.750. The molecule has 12 nitrogen and oxygen atoms in total. The summed E-state index contributed by atoms with van der Waals surface area (Å²) in [4.78, 5) is 27.9. The Morgan fingerprint density at radius 1 is 1.18 bits per heavy atom. The number of carbonyl (C=O) groups excluding carboxylic acids is 1. The number of anilines is 1. The normalized spacial score (nSPS) is 33.9. The number of nitrogens with one attached hydrogen (secondary N) is 1. The number of unbranched alkanes of at least 4 members (excludes halogenated alkanes) is 2. The van der Waals surface area contributed by atoms with Crippen LogP contribution in [0.2, 0.25) is 0 Å². The zero-order chi connectivity index (χ0) is 24.3. The topological polar surface area (TPSA) is 162 Å². The Morgan fingerprint density at radius 2 is 1.88 bits per heavy atom. The summed E-state index contributed by atoms with van der Waals surface area (Å²) < 4.78 is 36.9. The minimum absolute atomic E-state index is 0.144. The largest absolute Gasteiger partial charge is 0.449 e. The van der Waals surface area contributed by atoms with Gasteiger partial charge in [-0.3, -0.25) is 9.88 Å². The van der Waals surface area contributed by atoms with Crippen LogP contribution in [0, 0.1) is 5.82 Å². The lowest BCUT2D eigenvalue weighted by Gasteiger charge is -2.26. The van der Waals surface area contributed by atoms with Gasteiger partial charge in [-0.1, -0.05) is 19.8 Å². The highest BCUT2D eigenvalue weighted by atomic mass is 19.1. The van der Waals surface area contributed by atoms with E-state index in [2.05, 4.69) is 10.3 Å². The van der Waals surface area contributed by atoms with E-state index in [0.717, 1.165) is 23.6 Å². The number of aliphatic hydroxyl groups excluding tert-OH is 3. The standard InChI is InChI=1S/C20H30FN3O9/c1-4-5-6-7-30-20(29)23-16-11(21)8-24(19(28)22-16)17-15(13(26)10(3)31-17)33-18-14(27)12(25)9(2)32-18/h8-10,12-15,17-18,25-27H,4-7H2,1-3H3,(H,22,23,28,29)/t9-,10-,12-,13+,14+,15+,17-,18+/m1/s1. The smallest absolute Gasteiger partial charge is 0.412 e. The summed E-state index contributed by atoms with van der Waals surface area (Å²) in [6.45, 7) is 5.18. The van der Waals surface area contributed by atoms with Gasteiger partial charge in [0.2, 0.25) is 0 Å². The van der Waals surface area contributed by atoms with E-state index in [9.17, 15) is 29.3 Å². The van der Waals surface area contributed by atoms with Gasteiger partial charge in [-0.2, -0.15) is 4.98 Å². The fourth-order valence-electron chi connectivity index (χ4n) is 3.63. The Hall–Kier alpha value is -2.16. The van der Waals surface area contributed by atoms with Gasteiger partial charge in [-0.15, -0.1) is 0 Å². The van der Waals surface area contributed by atoms with E-state index in [1.165, 1.54) is 13.8 Å². The number of rotatable bonds is 8. The number of halogens is 1. The molecule has 0 unspecified atom stereocenters. The summed E-state index contributed by atoms with van der Waals surface area (Å²) in [7, 11) is 0. The molecule has 2 fully saturated rings. The molecule has 0 spiro atoms.